The second kappa shape index (κ2) is 4.57. The second-order valence-electron chi connectivity index (χ2n) is 3.82. The van der Waals surface area contributed by atoms with Gasteiger partial charge in [0.05, 0.1) is 5.69 Å². The fourth-order valence-corrected chi connectivity index (χ4v) is 1.56. The predicted octanol–water partition coefficient (Wildman–Crippen LogP) is 0.587. The molecule has 4 heteroatoms. The molecule has 0 saturated carbocycles. The SMILES string of the molecule is Cc1nn(CC(C)CO)c(C)c1CN. The smallest absolute Gasteiger partial charge is 0.0641 e. The summed E-state index contributed by atoms with van der Waals surface area (Å²) in [7, 11) is 0. The molecule has 1 aromatic rings. The van der Waals surface area contributed by atoms with Gasteiger partial charge in [0.2, 0.25) is 0 Å². The van der Waals surface area contributed by atoms with Crippen LogP contribution in [-0.4, -0.2) is 21.5 Å². The Morgan fingerprint density at radius 3 is 2.57 bits per heavy atom. The number of nitrogens with two attached hydrogens (primary N) is 1. The predicted molar refractivity (Wildman–Crippen MR) is 55.8 cm³/mol. The van der Waals surface area contributed by atoms with E-state index in [2.05, 4.69) is 5.10 Å². The van der Waals surface area contributed by atoms with Crippen LogP contribution in [0.5, 0.6) is 0 Å². The molecule has 0 saturated heterocycles. The van der Waals surface area contributed by atoms with E-state index in [1.807, 2.05) is 25.5 Å². The van der Waals surface area contributed by atoms with Crippen LogP contribution in [0.1, 0.15) is 23.9 Å². The summed E-state index contributed by atoms with van der Waals surface area (Å²) in [5, 5.41) is 13.3. The van der Waals surface area contributed by atoms with Crippen LogP contribution in [0.4, 0.5) is 0 Å². The molecule has 0 aliphatic rings. The minimum atomic E-state index is 0.191. The molecule has 1 atom stereocenters. The molecular weight excluding hydrogens is 178 g/mol. The lowest BCUT2D eigenvalue weighted by molar-refractivity contribution is 0.218. The highest BCUT2D eigenvalue weighted by Gasteiger charge is 2.11. The summed E-state index contributed by atoms with van der Waals surface area (Å²) in [6.45, 7) is 7.46. The van der Waals surface area contributed by atoms with Crippen LogP contribution in [0.3, 0.4) is 0 Å². The molecule has 0 fully saturated rings. The molecule has 4 nitrogen and oxygen atoms in total. The summed E-state index contributed by atoms with van der Waals surface area (Å²) in [6, 6.07) is 0. The standard InChI is InChI=1S/C10H19N3O/c1-7(6-14)5-13-9(3)10(4-11)8(2)12-13/h7,14H,4-6,11H2,1-3H3. The average molecular weight is 197 g/mol. The number of aliphatic hydroxyl groups is 1. The normalized spacial score (nSPS) is 13.2. The zero-order valence-corrected chi connectivity index (χ0v) is 9.12. The van der Waals surface area contributed by atoms with Gasteiger partial charge in [0.15, 0.2) is 0 Å². The lowest BCUT2D eigenvalue weighted by atomic mass is 10.2. The van der Waals surface area contributed by atoms with Crippen LogP contribution in [0, 0.1) is 19.8 Å². The number of rotatable bonds is 4. The third-order valence-electron chi connectivity index (χ3n) is 2.53. The van der Waals surface area contributed by atoms with Gasteiger partial charge in [-0.3, -0.25) is 4.68 Å². The van der Waals surface area contributed by atoms with E-state index in [0.29, 0.717) is 6.54 Å². The number of aryl methyl sites for hydroxylation is 1. The summed E-state index contributed by atoms with van der Waals surface area (Å²) >= 11 is 0. The Labute approximate surface area is 84.7 Å². The van der Waals surface area contributed by atoms with Crippen molar-refractivity contribution in [3.63, 3.8) is 0 Å². The zero-order chi connectivity index (χ0) is 10.7. The molecule has 0 bridgehead atoms. The van der Waals surface area contributed by atoms with Gasteiger partial charge in [0, 0.05) is 31.0 Å². The Hall–Kier alpha value is -0.870. The van der Waals surface area contributed by atoms with Crippen molar-refractivity contribution in [2.24, 2.45) is 11.7 Å². The van der Waals surface area contributed by atoms with Crippen LogP contribution in [0.2, 0.25) is 0 Å². The molecule has 80 valence electrons. The number of aromatic nitrogens is 2. The highest BCUT2D eigenvalue weighted by molar-refractivity contribution is 5.23. The van der Waals surface area contributed by atoms with Gasteiger partial charge in [-0.25, -0.2) is 0 Å². The van der Waals surface area contributed by atoms with Crippen molar-refractivity contribution >= 4 is 0 Å². The van der Waals surface area contributed by atoms with Crippen molar-refractivity contribution in [2.75, 3.05) is 6.61 Å². The van der Waals surface area contributed by atoms with Crippen molar-refractivity contribution in [1.82, 2.24) is 9.78 Å². The first-order valence-corrected chi connectivity index (χ1v) is 4.94. The molecule has 1 aromatic heterocycles. The number of aliphatic hydroxyl groups excluding tert-OH is 1. The van der Waals surface area contributed by atoms with Gasteiger partial charge in [0.1, 0.15) is 0 Å². The van der Waals surface area contributed by atoms with Crippen LogP contribution >= 0.6 is 0 Å². The van der Waals surface area contributed by atoms with Crippen molar-refractivity contribution in [3.05, 3.63) is 17.0 Å². The van der Waals surface area contributed by atoms with Crippen LogP contribution < -0.4 is 5.73 Å². The first-order chi connectivity index (χ1) is 6.60. The fourth-order valence-electron chi connectivity index (χ4n) is 1.56. The Morgan fingerprint density at radius 2 is 2.14 bits per heavy atom. The van der Waals surface area contributed by atoms with Gasteiger partial charge in [-0.1, -0.05) is 6.92 Å². The van der Waals surface area contributed by atoms with E-state index >= 15 is 0 Å². The van der Waals surface area contributed by atoms with Gasteiger partial charge in [0.25, 0.3) is 0 Å². The van der Waals surface area contributed by atoms with E-state index in [0.717, 1.165) is 23.5 Å². The van der Waals surface area contributed by atoms with Gasteiger partial charge in [-0.15, -0.1) is 0 Å². The Kier molecular flexibility index (Phi) is 3.66. The summed E-state index contributed by atoms with van der Waals surface area (Å²) in [4.78, 5) is 0. The van der Waals surface area contributed by atoms with Crippen LogP contribution in [0.25, 0.3) is 0 Å². The largest absolute Gasteiger partial charge is 0.396 e. The molecule has 1 unspecified atom stereocenters. The van der Waals surface area contributed by atoms with E-state index in [9.17, 15) is 0 Å². The third kappa shape index (κ3) is 2.13. The maximum Gasteiger partial charge on any atom is 0.0641 e. The number of hydrogen-bond acceptors (Lipinski definition) is 3. The van der Waals surface area contributed by atoms with Crippen molar-refractivity contribution in [2.45, 2.75) is 33.9 Å². The summed E-state index contributed by atoms with van der Waals surface area (Å²) in [6.07, 6.45) is 0. The highest BCUT2D eigenvalue weighted by atomic mass is 16.3. The maximum absolute atomic E-state index is 8.95. The number of hydrogen-bond donors (Lipinski definition) is 2. The second-order valence-corrected chi connectivity index (χ2v) is 3.82. The molecule has 0 spiro atoms. The minimum Gasteiger partial charge on any atom is -0.396 e. The summed E-state index contributed by atoms with van der Waals surface area (Å²) < 4.78 is 1.93. The van der Waals surface area contributed by atoms with E-state index < -0.39 is 0 Å². The Bertz CT molecular complexity index is 307. The lowest BCUT2D eigenvalue weighted by Gasteiger charge is -2.09. The van der Waals surface area contributed by atoms with E-state index in [-0.39, 0.29) is 12.5 Å². The van der Waals surface area contributed by atoms with Gasteiger partial charge >= 0.3 is 0 Å². The quantitative estimate of drug-likeness (QED) is 0.742. The first-order valence-electron chi connectivity index (χ1n) is 4.94. The molecule has 0 amide bonds. The number of nitrogens with zero attached hydrogens (tertiary/aromatic N) is 2. The molecule has 3 N–H and O–H groups in total. The monoisotopic (exact) mass is 197 g/mol. The van der Waals surface area contributed by atoms with E-state index in [1.165, 1.54) is 0 Å². The lowest BCUT2D eigenvalue weighted by Crippen LogP contribution is -2.13. The van der Waals surface area contributed by atoms with Crippen molar-refractivity contribution < 1.29 is 5.11 Å². The van der Waals surface area contributed by atoms with Crippen LogP contribution in [-0.2, 0) is 13.1 Å². The molecule has 0 aliphatic carbocycles. The molecule has 1 heterocycles. The first kappa shape index (κ1) is 11.2. The van der Waals surface area contributed by atoms with Crippen molar-refractivity contribution in [1.29, 1.82) is 0 Å². The topological polar surface area (TPSA) is 64.1 Å². The maximum atomic E-state index is 8.95. The highest BCUT2D eigenvalue weighted by Crippen LogP contribution is 2.13. The summed E-state index contributed by atoms with van der Waals surface area (Å²) in [5.74, 6) is 0.235. The fraction of sp³-hybridized carbons (Fsp3) is 0.700. The average Bonchev–Trinajstić information content (AvgIpc) is 2.42. The van der Waals surface area contributed by atoms with E-state index in [1.54, 1.807) is 0 Å². The van der Waals surface area contributed by atoms with Crippen molar-refractivity contribution in [3.8, 4) is 0 Å². The molecule has 1 rings (SSSR count). The Morgan fingerprint density at radius 1 is 1.50 bits per heavy atom. The molecular formula is C10H19N3O. The van der Waals surface area contributed by atoms with Gasteiger partial charge in [-0.05, 0) is 19.8 Å². The van der Waals surface area contributed by atoms with Gasteiger partial charge in [-0.2, -0.15) is 5.10 Å². The van der Waals surface area contributed by atoms with E-state index in [4.69, 9.17) is 10.8 Å². The Balaban J connectivity index is 2.88. The minimum absolute atomic E-state index is 0.191. The van der Waals surface area contributed by atoms with Crippen LogP contribution in [0.15, 0.2) is 0 Å². The molecule has 0 aliphatic heterocycles. The molecule has 14 heavy (non-hydrogen) atoms. The molecule has 0 radical (unpaired) electrons. The zero-order valence-electron chi connectivity index (χ0n) is 9.12. The third-order valence-corrected chi connectivity index (χ3v) is 2.53. The molecule has 0 aromatic carbocycles. The summed E-state index contributed by atoms with van der Waals surface area (Å²) in [5.41, 5.74) is 8.86. The van der Waals surface area contributed by atoms with Gasteiger partial charge < -0.3 is 10.8 Å².